The van der Waals surface area contributed by atoms with Crippen molar-refractivity contribution in [3.63, 3.8) is 0 Å². The highest BCUT2D eigenvalue weighted by molar-refractivity contribution is 7.89. The van der Waals surface area contributed by atoms with Gasteiger partial charge < -0.3 is 0 Å². The van der Waals surface area contributed by atoms with Crippen molar-refractivity contribution in [1.29, 1.82) is 5.26 Å². The van der Waals surface area contributed by atoms with Crippen LogP contribution in [-0.2, 0) is 10.0 Å². The van der Waals surface area contributed by atoms with Gasteiger partial charge in [0.1, 0.15) is 6.04 Å². The highest BCUT2D eigenvalue weighted by Gasteiger charge is 2.24. The fraction of sp³-hybridized carbons (Fsp3) is 0.533. The van der Waals surface area contributed by atoms with Crippen molar-refractivity contribution in [1.82, 2.24) is 4.72 Å². The van der Waals surface area contributed by atoms with E-state index in [1.165, 1.54) is 0 Å². The Morgan fingerprint density at radius 2 is 1.70 bits per heavy atom. The van der Waals surface area contributed by atoms with Crippen molar-refractivity contribution < 1.29 is 8.42 Å². The van der Waals surface area contributed by atoms with E-state index in [0.29, 0.717) is 17.5 Å². The van der Waals surface area contributed by atoms with E-state index >= 15 is 0 Å². The Morgan fingerprint density at radius 1 is 1.20 bits per heavy atom. The third-order valence-electron chi connectivity index (χ3n) is 3.03. The van der Waals surface area contributed by atoms with Crippen molar-refractivity contribution in [2.45, 2.75) is 52.0 Å². The zero-order chi connectivity index (χ0) is 15.5. The molecule has 110 valence electrons. The summed E-state index contributed by atoms with van der Waals surface area (Å²) < 4.78 is 27.5. The van der Waals surface area contributed by atoms with E-state index in [1.54, 1.807) is 13.8 Å². The van der Waals surface area contributed by atoms with Crippen molar-refractivity contribution in [2.24, 2.45) is 5.92 Å². The smallest absolute Gasteiger partial charge is 0.207 e. The molecule has 5 heteroatoms. The van der Waals surface area contributed by atoms with E-state index in [4.69, 9.17) is 5.26 Å². The van der Waals surface area contributed by atoms with Crippen LogP contribution >= 0.6 is 0 Å². The Morgan fingerprint density at radius 3 is 2.10 bits per heavy atom. The number of hydrogen-bond donors (Lipinski definition) is 1. The molecule has 1 rings (SSSR count). The van der Waals surface area contributed by atoms with Gasteiger partial charge in [-0.3, -0.25) is 0 Å². The van der Waals surface area contributed by atoms with E-state index in [0.717, 1.165) is 5.56 Å². The fourth-order valence-corrected chi connectivity index (χ4v) is 4.04. The summed E-state index contributed by atoms with van der Waals surface area (Å²) in [5, 5.41) is 9.09. The minimum Gasteiger partial charge on any atom is -0.207 e. The molecule has 4 nitrogen and oxygen atoms in total. The van der Waals surface area contributed by atoms with Crippen LogP contribution in [0.5, 0.6) is 0 Å². The number of aryl methyl sites for hydroxylation is 3. The monoisotopic (exact) mass is 294 g/mol. The summed E-state index contributed by atoms with van der Waals surface area (Å²) >= 11 is 0. The van der Waals surface area contributed by atoms with Crippen LogP contribution < -0.4 is 4.72 Å². The van der Waals surface area contributed by atoms with Crippen LogP contribution in [-0.4, -0.2) is 14.5 Å². The first-order valence-electron chi connectivity index (χ1n) is 6.67. The maximum atomic E-state index is 12.5. The number of benzene rings is 1. The predicted molar refractivity (Wildman–Crippen MR) is 79.8 cm³/mol. The van der Waals surface area contributed by atoms with Crippen molar-refractivity contribution in [2.75, 3.05) is 0 Å². The van der Waals surface area contributed by atoms with Gasteiger partial charge in [-0.05, 0) is 44.2 Å². The molecule has 1 aromatic rings. The van der Waals surface area contributed by atoms with Crippen LogP contribution in [0.3, 0.4) is 0 Å². The van der Waals surface area contributed by atoms with E-state index in [1.807, 2.05) is 39.0 Å². The summed E-state index contributed by atoms with van der Waals surface area (Å²) in [5.74, 6) is 0.252. The molecule has 1 N–H and O–H groups in total. The summed E-state index contributed by atoms with van der Waals surface area (Å²) in [5.41, 5.74) is 2.44. The predicted octanol–water partition coefficient (Wildman–Crippen LogP) is 2.83. The van der Waals surface area contributed by atoms with Gasteiger partial charge in [0.05, 0.1) is 11.0 Å². The highest BCUT2D eigenvalue weighted by Crippen LogP contribution is 2.22. The normalized spacial score (nSPS) is 13.2. The lowest BCUT2D eigenvalue weighted by molar-refractivity contribution is 0.512. The van der Waals surface area contributed by atoms with E-state index in [-0.39, 0.29) is 10.8 Å². The topological polar surface area (TPSA) is 70.0 Å². The molecule has 0 aliphatic heterocycles. The third-order valence-corrected chi connectivity index (χ3v) is 4.81. The standard InChI is InChI=1S/C15H22N2O2S/c1-10(2)6-14(9-16)17-20(18,19)15-12(4)7-11(3)8-13(15)5/h7-8,10,14,17H,6H2,1-5H3. The molecular formula is C15H22N2O2S. The molecule has 0 saturated heterocycles. The number of nitriles is 1. The zero-order valence-corrected chi connectivity index (χ0v) is 13.5. The molecule has 1 unspecified atom stereocenters. The third kappa shape index (κ3) is 4.06. The van der Waals surface area contributed by atoms with Gasteiger partial charge in [-0.15, -0.1) is 0 Å². The molecule has 0 fully saturated rings. The average molecular weight is 294 g/mol. The second-order valence-electron chi connectivity index (χ2n) is 5.66. The molecule has 1 atom stereocenters. The van der Waals surface area contributed by atoms with Crippen molar-refractivity contribution in [3.05, 3.63) is 28.8 Å². The fourth-order valence-electron chi connectivity index (χ4n) is 2.44. The SMILES string of the molecule is Cc1cc(C)c(S(=O)(=O)NC(C#N)CC(C)C)c(C)c1. The van der Waals surface area contributed by atoms with E-state index < -0.39 is 16.1 Å². The summed E-state index contributed by atoms with van der Waals surface area (Å²) in [4.78, 5) is 0.284. The molecule has 1 aromatic carbocycles. The second kappa shape index (κ2) is 6.38. The van der Waals surface area contributed by atoms with Gasteiger partial charge >= 0.3 is 0 Å². The van der Waals surface area contributed by atoms with Crippen LogP contribution in [0.15, 0.2) is 17.0 Å². The Hall–Kier alpha value is -1.38. The molecular weight excluding hydrogens is 272 g/mol. The van der Waals surface area contributed by atoms with Crippen LogP contribution in [0, 0.1) is 38.0 Å². The summed E-state index contributed by atoms with van der Waals surface area (Å²) in [7, 11) is -3.67. The number of sulfonamides is 1. The molecule has 0 radical (unpaired) electrons. The van der Waals surface area contributed by atoms with Crippen LogP contribution in [0.2, 0.25) is 0 Å². The van der Waals surface area contributed by atoms with Gasteiger partial charge in [-0.2, -0.15) is 9.98 Å². The van der Waals surface area contributed by atoms with Crippen molar-refractivity contribution in [3.8, 4) is 6.07 Å². The molecule has 0 spiro atoms. The van der Waals surface area contributed by atoms with Crippen LogP contribution in [0.1, 0.15) is 37.0 Å². The number of nitrogens with one attached hydrogen (secondary N) is 1. The molecule has 0 aromatic heterocycles. The summed E-state index contributed by atoms with van der Waals surface area (Å²) in [6, 6.07) is 5.00. The molecule has 0 saturated carbocycles. The first-order chi connectivity index (χ1) is 9.17. The largest absolute Gasteiger partial charge is 0.242 e. The number of rotatable bonds is 5. The summed E-state index contributed by atoms with van der Waals surface area (Å²) in [6.07, 6.45) is 0.500. The lowest BCUT2D eigenvalue weighted by Gasteiger charge is -2.17. The van der Waals surface area contributed by atoms with E-state index in [9.17, 15) is 8.42 Å². The van der Waals surface area contributed by atoms with E-state index in [2.05, 4.69) is 4.72 Å². The van der Waals surface area contributed by atoms with Gasteiger partial charge in [0.2, 0.25) is 10.0 Å². The Bertz CT molecular complexity index is 605. The Balaban J connectivity index is 3.15. The minimum atomic E-state index is -3.67. The van der Waals surface area contributed by atoms with Gasteiger partial charge in [0, 0.05) is 0 Å². The molecule has 0 amide bonds. The average Bonchev–Trinajstić information content (AvgIpc) is 2.24. The lowest BCUT2D eigenvalue weighted by Crippen LogP contribution is -2.35. The highest BCUT2D eigenvalue weighted by atomic mass is 32.2. The molecule has 0 aliphatic carbocycles. The Kier molecular flexibility index (Phi) is 5.32. The molecule has 0 bridgehead atoms. The number of nitrogens with zero attached hydrogens (tertiary/aromatic N) is 1. The summed E-state index contributed by atoms with van der Waals surface area (Å²) in [6.45, 7) is 9.40. The lowest BCUT2D eigenvalue weighted by atomic mass is 10.1. The zero-order valence-electron chi connectivity index (χ0n) is 12.7. The minimum absolute atomic E-state index is 0.252. The number of hydrogen-bond acceptors (Lipinski definition) is 3. The van der Waals surface area contributed by atoms with Gasteiger partial charge in [-0.1, -0.05) is 31.5 Å². The van der Waals surface area contributed by atoms with Gasteiger partial charge in [-0.25, -0.2) is 8.42 Å². The first-order valence-corrected chi connectivity index (χ1v) is 8.15. The van der Waals surface area contributed by atoms with Gasteiger partial charge in [0.25, 0.3) is 0 Å². The second-order valence-corrected chi connectivity index (χ2v) is 7.31. The quantitative estimate of drug-likeness (QED) is 0.907. The van der Waals surface area contributed by atoms with Gasteiger partial charge in [0.15, 0.2) is 0 Å². The maximum Gasteiger partial charge on any atom is 0.242 e. The molecule has 0 heterocycles. The van der Waals surface area contributed by atoms with Crippen molar-refractivity contribution >= 4 is 10.0 Å². The molecule has 0 aliphatic rings. The van der Waals surface area contributed by atoms with Crippen LogP contribution in [0.4, 0.5) is 0 Å². The molecule has 20 heavy (non-hydrogen) atoms. The van der Waals surface area contributed by atoms with Crippen LogP contribution in [0.25, 0.3) is 0 Å². The maximum absolute atomic E-state index is 12.5. The first kappa shape index (κ1) is 16.7. The Labute approximate surface area is 121 Å².